The Morgan fingerprint density at radius 3 is 2.43 bits per heavy atom. The molecule has 1 unspecified atom stereocenters. The molecule has 1 aromatic rings. The van der Waals surface area contributed by atoms with Crippen LogP contribution in [0.15, 0.2) is 12.1 Å². The van der Waals surface area contributed by atoms with Crippen molar-refractivity contribution in [2.24, 2.45) is 0 Å². The highest BCUT2D eigenvalue weighted by molar-refractivity contribution is 6.42. The quantitative estimate of drug-likeness (QED) is 0.778. The van der Waals surface area contributed by atoms with Crippen LogP contribution in [0.25, 0.3) is 0 Å². The summed E-state index contributed by atoms with van der Waals surface area (Å²) in [6, 6.07) is 2.01. The highest BCUT2D eigenvalue weighted by Crippen LogP contribution is 2.32. The van der Waals surface area contributed by atoms with Crippen LogP contribution in [0.1, 0.15) is 11.7 Å². The predicted molar refractivity (Wildman–Crippen MR) is 49.0 cm³/mol. The van der Waals surface area contributed by atoms with Crippen LogP contribution in [0.4, 0.5) is 4.39 Å². The second-order valence-corrected chi connectivity index (χ2v) is 3.26. The van der Waals surface area contributed by atoms with Crippen molar-refractivity contribution in [2.45, 2.75) is 6.10 Å². The Morgan fingerprint density at radius 2 is 1.93 bits per heavy atom. The number of halogens is 3. The lowest BCUT2D eigenvalue weighted by Crippen LogP contribution is -2.11. The Balaban J connectivity index is 3.24. The lowest BCUT2D eigenvalue weighted by atomic mass is 10.1. The number of carboxylic acid groups (broad SMARTS) is 1. The third kappa shape index (κ3) is 1.97. The average molecular weight is 239 g/mol. The highest BCUT2D eigenvalue weighted by atomic mass is 35.5. The molecule has 0 aliphatic carbocycles. The molecule has 0 amide bonds. The summed E-state index contributed by atoms with van der Waals surface area (Å²) >= 11 is 11.0. The van der Waals surface area contributed by atoms with Crippen molar-refractivity contribution < 1.29 is 19.4 Å². The first-order valence-corrected chi connectivity index (χ1v) is 4.25. The second-order valence-electron chi connectivity index (χ2n) is 2.51. The summed E-state index contributed by atoms with van der Waals surface area (Å²) < 4.78 is 12.8. The van der Waals surface area contributed by atoms with E-state index < -0.39 is 22.9 Å². The van der Waals surface area contributed by atoms with Gasteiger partial charge in [0.05, 0.1) is 10.0 Å². The summed E-state index contributed by atoms with van der Waals surface area (Å²) in [5.41, 5.74) is -0.134. The smallest absolute Gasteiger partial charge is 0.337 e. The Labute approximate surface area is 88.7 Å². The van der Waals surface area contributed by atoms with Crippen LogP contribution >= 0.6 is 23.2 Å². The van der Waals surface area contributed by atoms with Crippen molar-refractivity contribution in [2.75, 3.05) is 0 Å². The summed E-state index contributed by atoms with van der Waals surface area (Å²) in [6.45, 7) is 0. The van der Waals surface area contributed by atoms with E-state index >= 15 is 0 Å². The van der Waals surface area contributed by atoms with E-state index in [-0.39, 0.29) is 10.6 Å². The van der Waals surface area contributed by atoms with Gasteiger partial charge in [-0.05, 0) is 6.07 Å². The van der Waals surface area contributed by atoms with Gasteiger partial charge in [0.1, 0.15) is 5.82 Å². The fourth-order valence-corrected chi connectivity index (χ4v) is 1.31. The highest BCUT2D eigenvalue weighted by Gasteiger charge is 2.21. The Bertz CT molecular complexity index is 381. The third-order valence-corrected chi connectivity index (χ3v) is 2.47. The van der Waals surface area contributed by atoms with Gasteiger partial charge in [0.25, 0.3) is 0 Å². The van der Waals surface area contributed by atoms with E-state index in [1.807, 2.05) is 0 Å². The zero-order valence-electron chi connectivity index (χ0n) is 6.67. The van der Waals surface area contributed by atoms with E-state index in [2.05, 4.69) is 0 Å². The molecule has 76 valence electrons. The van der Waals surface area contributed by atoms with Gasteiger partial charge in [0.2, 0.25) is 0 Å². The molecule has 3 nitrogen and oxygen atoms in total. The van der Waals surface area contributed by atoms with Gasteiger partial charge in [-0.15, -0.1) is 0 Å². The molecular weight excluding hydrogens is 234 g/mol. The van der Waals surface area contributed by atoms with Crippen LogP contribution in [0.3, 0.4) is 0 Å². The first kappa shape index (κ1) is 11.2. The largest absolute Gasteiger partial charge is 0.479 e. The van der Waals surface area contributed by atoms with Crippen LogP contribution in [0.5, 0.6) is 0 Å². The molecular formula is C8H5Cl2FO3. The van der Waals surface area contributed by atoms with Gasteiger partial charge in [0.15, 0.2) is 6.10 Å². The maximum atomic E-state index is 12.8. The fourth-order valence-electron chi connectivity index (χ4n) is 0.885. The fraction of sp³-hybridized carbons (Fsp3) is 0.125. The van der Waals surface area contributed by atoms with Gasteiger partial charge >= 0.3 is 5.97 Å². The number of rotatable bonds is 2. The molecule has 0 fully saturated rings. The van der Waals surface area contributed by atoms with Crippen LogP contribution < -0.4 is 0 Å². The number of hydrogen-bond donors (Lipinski definition) is 2. The first-order chi connectivity index (χ1) is 6.45. The van der Waals surface area contributed by atoms with Crippen LogP contribution in [0, 0.1) is 5.82 Å². The molecule has 0 aliphatic rings. The van der Waals surface area contributed by atoms with Gasteiger partial charge in [-0.1, -0.05) is 29.3 Å². The zero-order valence-corrected chi connectivity index (χ0v) is 8.18. The molecule has 1 atom stereocenters. The first-order valence-electron chi connectivity index (χ1n) is 3.49. The van der Waals surface area contributed by atoms with Crippen molar-refractivity contribution >= 4 is 29.2 Å². The Morgan fingerprint density at radius 1 is 1.36 bits per heavy atom. The monoisotopic (exact) mass is 238 g/mol. The molecule has 0 heterocycles. The maximum Gasteiger partial charge on any atom is 0.337 e. The number of aliphatic hydroxyl groups excluding tert-OH is 1. The van der Waals surface area contributed by atoms with Crippen molar-refractivity contribution in [3.8, 4) is 0 Å². The van der Waals surface area contributed by atoms with Crippen molar-refractivity contribution in [1.29, 1.82) is 0 Å². The molecule has 1 rings (SSSR count). The molecule has 0 bridgehead atoms. The van der Waals surface area contributed by atoms with Gasteiger partial charge in [-0.2, -0.15) is 0 Å². The van der Waals surface area contributed by atoms with Crippen LogP contribution in [-0.4, -0.2) is 16.2 Å². The number of carboxylic acids is 1. The third-order valence-electron chi connectivity index (χ3n) is 1.59. The molecule has 2 N–H and O–H groups in total. The number of aliphatic hydroxyl groups is 1. The minimum absolute atomic E-state index is 0.134. The normalized spacial score (nSPS) is 12.6. The van der Waals surface area contributed by atoms with Crippen LogP contribution in [-0.2, 0) is 4.79 Å². The summed E-state index contributed by atoms with van der Waals surface area (Å²) in [6.07, 6.45) is -1.81. The van der Waals surface area contributed by atoms with Gasteiger partial charge in [0, 0.05) is 5.56 Å². The Kier molecular flexibility index (Phi) is 3.31. The SMILES string of the molecule is O=C(O)C(O)c1ccc(F)c(Cl)c1Cl. The molecule has 6 heteroatoms. The number of benzene rings is 1. The minimum Gasteiger partial charge on any atom is -0.479 e. The number of aliphatic carboxylic acids is 1. The summed E-state index contributed by atoms with van der Waals surface area (Å²) in [5.74, 6) is -2.24. The molecule has 0 spiro atoms. The molecule has 0 radical (unpaired) electrons. The van der Waals surface area contributed by atoms with E-state index in [0.29, 0.717) is 0 Å². The zero-order chi connectivity index (χ0) is 10.9. The maximum absolute atomic E-state index is 12.8. The topological polar surface area (TPSA) is 57.5 Å². The second kappa shape index (κ2) is 4.13. The van der Waals surface area contributed by atoms with Gasteiger partial charge in [-0.25, -0.2) is 9.18 Å². The molecule has 0 aliphatic heterocycles. The molecule has 0 aromatic heterocycles. The minimum atomic E-state index is -1.81. The molecule has 0 saturated carbocycles. The van der Waals surface area contributed by atoms with Crippen molar-refractivity contribution in [1.82, 2.24) is 0 Å². The van der Waals surface area contributed by atoms with E-state index in [1.54, 1.807) is 0 Å². The molecule has 14 heavy (non-hydrogen) atoms. The lowest BCUT2D eigenvalue weighted by molar-refractivity contribution is -0.146. The van der Waals surface area contributed by atoms with Crippen LogP contribution in [0.2, 0.25) is 10.0 Å². The standard InChI is InChI=1S/C8H5Cl2FO3/c9-5-3(7(12)8(13)14)1-2-4(11)6(5)10/h1-2,7,12H,(H,13,14). The molecule has 1 aromatic carbocycles. The van der Waals surface area contributed by atoms with Crippen molar-refractivity contribution in [3.63, 3.8) is 0 Å². The summed E-state index contributed by atoms with van der Waals surface area (Å²) in [4.78, 5) is 10.4. The van der Waals surface area contributed by atoms with E-state index in [0.717, 1.165) is 12.1 Å². The number of carbonyl (C=O) groups is 1. The van der Waals surface area contributed by atoms with Crippen molar-refractivity contribution in [3.05, 3.63) is 33.6 Å². The average Bonchev–Trinajstić information content (AvgIpc) is 2.13. The predicted octanol–water partition coefficient (Wildman–Crippen LogP) is 2.25. The van der Waals surface area contributed by atoms with Gasteiger partial charge in [-0.3, -0.25) is 0 Å². The molecule has 0 saturated heterocycles. The van der Waals surface area contributed by atoms with Gasteiger partial charge < -0.3 is 10.2 Å². The van der Waals surface area contributed by atoms with E-state index in [1.165, 1.54) is 0 Å². The Hall–Kier alpha value is -0.840. The number of hydrogen-bond acceptors (Lipinski definition) is 2. The van der Waals surface area contributed by atoms with E-state index in [9.17, 15) is 9.18 Å². The summed E-state index contributed by atoms with van der Waals surface area (Å²) in [7, 11) is 0. The summed E-state index contributed by atoms with van der Waals surface area (Å²) in [5, 5.41) is 16.9. The lowest BCUT2D eigenvalue weighted by Gasteiger charge is -2.09. The van der Waals surface area contributed by atoms with E-state index in [4.69, 9.17) is 33.4 Å².